The molecule has 1 N–H and O–H groups in total. The smallest absolute Gasteiger partial charge is 0.236 e. The van der Waals surface area contributed by atoms with Crippen LogP contribution in [-0.4, -0.2) is 36.6 Å². The second-order valence-electron chi connectivity index (χ2n) is 5.77. The number of hydrogen-bond donors (Lipinski definition) is 1. The van der Waals surface area contributed by atoms with E-state index in [1.165, 1.54) is 23.1 Å². The van der Waals surface area contributed by atoms with Crippen LogP contribution in [0.2, 0.25) is 5.02 Å². The van der Waals surface area contributed by atoms with Crippen molar-refractivity contribution in [1.29, 1.82) is 0 Å². The molecule has 2 heterocycles. The lowest BCUT2D eigenvalue weighted by Crippen LogP contribution is -2.15. The molecule has 0 spiro atoms. The minimum Gasteiger partial charge on any atom is -0.483 e. The highest BCUT2D eigenvalue weighted by atomic mass is 35.5. The summed E-state index contributed by atoms with van der Waals surface area (Å²) < 4.78 is 7.87. The number of aryl methyl sites for hydroxylation is 1. The molecule has 28 heavy (non-hydrogen) atoms. The summed E-state index contributed by atoms with van der Waals surface area (Å²) in [5.41, 5.74) is 0. The molecule has 3 rings (SSSR count). The number of nitrogens with one attached hydrogen (secondary N) is 1. The Bertz CT molecular complexity index is 961. The number of ether oxygens (including phenoxy) is 1. The van der Waals surface area contributed by atoms with Crippen molar-refractivity contribution in [3.8, 4) is 5.75 Å². The third-order valence-electron chi connectivity index (χ3n) is 3.64. The molecule has 0 saturated heterocycles. The first-order valence-electron chi connectivity index (χ1n) is 8.54. The number of carbonyl (C=O) groups excluding carboxylic acids is 1. The van der Waals surface area contributed by atoms with E-state index in [0.29, 0.717) is 33.4 Å². The number of rotatable bonds is 8. The van der Waals surface area contributed by atoms with E-state index in [0.717, 1.165) is 5.01 Å². The summed E-state index contributed by atoms with van der Waals surface area (Å²) in [5, 5.41) is 21.5. The molecule has 0 aliphatic rings. The van der Waals surface area contributed by atoms with Crippen LogP contribution in [0.4, 0.5) is 5.13 Å². The van der Waals surface area contributed by atoms with Crippen LogP contribution in [0.15, 0.2) is 29.4 Å². The van der Waals surface area contributed by atoms with Gasteiger partial charge in [0.05, 0.1) is 5.75 Å². The lowest BCUT2D eigenvalue weighted by atomic mass is 10.3. The lowest BCUT2D eigenvalue weighted by molar-refractivity contribution is -0.113. The Balaban J connectivity index is 1.63. The van der Waals surface area contributed by atoms with E-state index in [2.05, 4.69) is 25.7 Å². The molecule has 1 aromatic carbocycles. The fourth-order valence-corrected chi connectivity index (χ4v) is 4.03. The zero-order chi connectivity index (χ0) is 20.1. The van der Waals surface area contributed by atoms with E-state index in [1.54, 1.807) is 12.1 Å². The Hall–Kier alpha value is -2.17. The van der Waals surface area contributed by atoms with E-state index in [9.17, 15) is 4.79 Å². The van der Waals surface area contributed by atoms with Gasteiger partial charge in [0, 0.05) is 11.6 Å². The highest BCUT2D eigenvalue weighted by Crippen LogP contribution is 2.26. The number of benzene rings is 1. The van der Waals surface area contributed by atoms with Gasteiger partial charge in [0.25, 0.3) is 0 Å². The molecule has 0 fully saturated rings. The summed E-state index contributed by atoms with van der Waals surface area (Å²) in [6, 6.07) is 7.20. The summed E-state index contributed by atoms with van der Waals surface area (Å²) >= 11 is 8.65. The number of anilines is 1. The molecular weight excluding hydrogens is 420 g/mol. The predicted octanol–water partition coefficient (Wildman–Crippen LogP) is 3.98. The first-order chi connectivity index (χ1) is 13.5. The molecule has 0 aliphatic heterocycles. The monoisotopic (exact) mass is 438 g/mol. The van der Waals surface area contributed by atoms with Gasteiger partial charge in [-0.05, 0) is 39.0 Å². The number of amides is 1. The van der Waals surface area contributed by atoms with Crippen LogP contribution in [0.1, 0.15) is 30.8 Å². The molecule has 148 valence electrons. The van der Waals surface area contributed by atoms with Crippen LogP contribution in [0.5, 0.6) is 5.75 Å². The van der Waals surface area contributed by atoms with Gasteiger partial charge in [-0.15, -0.1) is 20.4 Å². The van der Waals surface area contributed by atoms with Gasteiger partial charge in [0.1, 0.15) is 10.8 Å². The Kier molecular flexibility index (Phi) is 6.87. The number of aromatic nitrogens is 5. The van der Waals surface area contributed by atoms with E-state index >= 15 is 0 Å². The van der Waals surface area contributed by atoms with Crippen LogP contribution < -0.4 is 10.1 Å². The summed E-state index contributed by atoms with van der Waals surface area (Å²) in [6.07, 6.45) is -0.321. The third kappa shape index (κ3) is 5.21. The number of halogens is 1. The van der Waals surface area contributed by atoms with Gasteiger partial charge < -0.3 is 9.30 Å². The van der Waals surface area contributed by atoms with Crippen molar-refractivity contribution in [1.82, 2.24) is 25.0 Å². The summed E-state index contributed by atoms with van der Waals surface area (Å²) in [4.78, 5) is 12.1. The highest BCUT2D eigenvalue weighted by molar-refractivity contribution is 7.99. The van der Waals surface area contributed by atoms with Gasteiger partial charge in [-0.3, -0.25) is 10.1 Å². The largest absolute Gasteiger partial charge is 0.483 e. The van der Waals surface area contributed by atoms with Gasteiger partial charge in [-0.2, -0.15) is 0 Å². The fraction of sp³-hybridized carbons (Fsp3) is 0.353. The van der Waals surface area contributed by atoms with Crippen molar-refractivity contribution in [2.24, 2.45) is 0 Å². The van der Waals surface area contributed by atoms with E-state index in [-0.39, 0.29) is 17.8 Å². The maximum atomic E-state index is 12.1. The van der Waals surface area contributed by atoms with Crippen LogP contribution >= 0.6 is 34.7 Å². The average molecular weight is 439 g/mol. The second-order valence-corrected chi connectivity index (χ2v) is 8.33. The molecule has 1 amide bonds. The molecule has 0 saturated carbocycles. The molecule has 3 aromatic rings. The topological polar surface area (TPSA) is 94.8 Å². The maximum Gasteiger partial charge on any atom is 0.236 e. The molecule has 0 bridgehead atoms. The predicted molar refractivity (Wildman–Crippen MR) is 110 cm³/mol. The van der Waals surface area contributed by atoms with Gasteiger partial charge in [0.15, 0.2) is 17.1 Å². The average Bonchev–Trinajstić information content (AvgIpc) is 3.25. The zero-order valence-corrected chi connectivity index (χ0v) is 17.9. The molecule has 2 aromatic heterocycles. The Morgan fingerprint density at radius 3 is 2.86 bits per heavy atom. The Morgan fingerprint density at radius 2 is 2.18 bits per heavy atom. The molecule has 1 atom stereocenters. The van der Waals surface area contributed by atoms with Gasteiger partial charge in [-0.25, -0.2) is 0 Å². The highest BCUT2D eigenvalue weighted by Gasteiger charge is 2.19. The minimum absolute atomic E-state index is 0.170. The third-order valence-corrected chi connectivity index (χ3v) is 5.59. The maximum absolute atomic E-state index is 12.1. The number of hydrogen-bond acceptors (Lipinski definition) is 8. The quantitative estimate of drug-likeness (QED) is 0.531. The number of nitrogens with zero attached hydrogens (tertiary/aromatic N) is 5. The number of thioether (sulfide) groups is 1. The standard InChI is InChI=1S/C17H19ClN6O2S2/c1-4-24-15(10(2)26-13-7-5-6-12(18)8-13)21-23-17(24)27-9-14(25)19-16-22-20-11(3)28-16/h5-8,10H,4,9H2,1-3H3,(H,19,22,25). The van der Waals surface area contributed by atoms with E-state index < -0.39 is 0 Å². The van der Waals surface area contributed by atoms with E-state index in [1.807, 2.05) is 37.5 Å². The molecular formula is C17H19ClN6O2S2. The Labute approximate surface area is 175 Å². The normalized spacial score (nSPS) is 12.0. The van der Waals surface area contributed by atoms with Crippen molar-refractivity contribution < 1.29 is 9.53 Å². The van der Waals surface area contributed by atoms with E-state index in [4.69, 9.17) is 16.3 Å². The van der Waals surface area contributed by atoms with Crippen LogP contribution in [0, 0.1) is 6.92 Å². The van der Waals surface area contributed by atoms with Gasteiger partial charge in [-0.1, -0.05) is 40.8 Å². The van der Waals surface area contributed by atoms with Crippen molar-refractivity contribution >= 4 is 45.7 Å². The van der Waals surface area contributed by atoms with Crippen molar-refractivity contribution in [3.05, 3.63) is 40.1 Å². The van der Waals surface area contributed by atoms with Crippen LogP contribution in [-0.2, 0) is 11.3 Å². The first kappa shape index (κ1) is 20.6. The molecule has 11 heteroatoms. The Morgan fingerprint density at radius 1 is 1.36 bits per heavy atom. The molecule has 1 unspecified atom stereocenters. The SMILES string of the molecule is CCn1c(SCC(=O)Nc2nnc(C)s2)nnc1C(C)Oc1cccc(Cl)c1. The first-order valence-corrected chi connectivity index (χ1v) is 10.7. The van der Waals surface area contributed by atoms with Crippen LogP contribution in [0.3, 0.4) is 0 Å². The molecule has 8 nitrogen and oxygen atoms in total. The summed E-state index contributed by atoms with van der Waals surface area (Å²) in [6.45, 7) is 6.38. The summed E-state index contributed by atoms with van der Waals surface area (Å²) in [7, 11) is 0. The number of carbonyl (C=O) groups is 1. The van der Waals surface area contributed by atoms with Gasteiger partial charge in [0.2, 0.25) is 11.0 Å². The minimum atomic E-state index is -0.321. The zero-order valence-electron chi connectivity index (χ0n) is 15.5. The summed E-state index contributed by atoms with van der Waals surface area (Å²) in [5.74, 6) is 1.37. The molecule has 0 radical (unpaired) electrons. The lowest BCUT2D eigenvalue weighted by Gasteiger charge is -2.15. The van der Waals surface area contributed by atoms with Crippen molar-refractivity contribution in [3.63, 3.8) is 0 Å². The van der Waals surface area contributed by atoms with Crippen molar-refractivity contribution in [2.45, 2.75) is 38.6 Å². The second kappa shape index (κ2) is 9.35. The fourth-order valence-electron chi connectivity index (χ4n) is 2.43. The van der Waals surface area contributed by atoms with Gasteiger partial charge >= 0.3 is 0 Å². The van der Waals surface area contributed by atoms with Crippen molar-refractivity contribution in [2.75, 3.05) is 11.1 Å². The molecule has 0 aliphatic carbocycles. The van der Waals surface area contributed by atoms with Crippen LogP contribution in [0.25, 0.3) is 0 Å².